The van der Waals surface area contributed by atoms with E-state index in [0.717, 1.165) is 11.1 Å². The van der Waals surface area contributed by atoms with Gasteiger partial charge in [0.1, 0.15) is 24.4 Å². The van der Waals surface area contributed by atoms with Crippen molar-refractivity contribution in [1.29, 1.82) is 0 Å². The first kappa shape index (κ1) is 25.3. The molecule has 0 amide bonds. The first-order valence-electron chi connectivity index (χ1n) is 12.4. The number of hydrogen-bond acceptors (Lipinski definition) is 6. The van der Waals surface area contributed by atoms with Gasteiger partial charge in [0.2, 0.25) is 0 Å². The highest BCUT2D eigenvalue weighted by atomic mass is 16.7. The topological polar surface area (TPSA) is 55.4 Å². The van der Waals surface area contributed by atoms with Gasteiger partial charge >= 0.3 is 0 Å². The Hall–Kier alpha value is -1.80. The van der Waals surface area contributed by atoms with Crippen LogP contribution in [0.3, 0.4) is 0 Å². The van der Waals surface area contributed by atoms with E-state index >= 15 is 0 Å². The van der Waals surface area contributed by atoms with E-state index < -0.39 is 12.6 Å². The maximum absolute atomic E-state index is 6.57. The molecule has 4 rings (SSSR count). The summed E-state index contributed by atoms with van der Waals surface area (Å²) in [6, 6.07) is 20.0. The van der Waals surface area contributed by atoms with Crippen molar-refractivity contribution in [2.75, 3.05) is 26.4 Å². The third kappa shape index (κ3) is 6.66. The summed E-state index contributed by atoms with van der Waals surface area (Å²) in [5.74, 6) is 0.793. The highest BCUT2D eigenvalue weighted by Gasteiger charge is 2.46. The summed E-state index contributed by atoms with van der Waals surface area (Å²) in [4.78, 5) is 0. The lowest BCUT2D eigenvalue weighted by atomic mass is 9.99. The fourth-order valence-electron chi connectivity index (χ4n) is 4.16. The van der Waals surface area contributed by atoms with E-state index in [-0.39, 0.29) is 24.4 Å². The molecule has 6 heteroatoms. The van der Waals surface area contributed by atoms with Crippen molar-refractivity contribution in [2.45, 2.75) is 64.7 Å². The Balaban J connectivity index is 1.59. The zero-order chi connectivity index (χ0) is 23.9. The zero-order valence-electron chi connectivity index (χ0n) is 20.7. The summed E-state index contributed by atoms with van der Waals surface area (Å²) in [6.07, 6.45) is -2.26. The van der Waals surface area contributed by atoms with Crippen molar-refractivity contribution in [3.63, 3.8) is 0 Å². The fraction of sp³-hybridized carbons (Fsp3) is 0.571. The van der Waals surface area contributed by atoms with Gasteiger partial charge in [-0.2, -0.15) is 0 Å². The van der Waals surface area contributed by atoms with E-state index in [1.807, 2.05) is 60.7 Å². The van der Waals surface area contributed by atoms with Gasteiger partial charge in [0.15, 0.2) is 12.6 Å². The Labute approximate surface area is 203 Å². The molecule has 0 N–H and O–H groups in total. The Morgan fingerprint density at radius 2 is 1.03 bits per heavy atom. The van der Waals surface area contributed by atoms with Gasteiger partial charge in [-0.05, 0) is 11.8 Å². The largest absolute Gasteiger partial charge is 0.373 e. The second kappa shape index (κ2) is 12.2. The van der Waals surface area contributed by atoms with Crippen molar-refractivity contribution in [3.05, 3.63) is 71.8 Å². The molecule has 2 heterocycles. The van der Waals surface area contributed by atoms with E-state index in [0.29, 0.717) is 38.3 Å². The smallest absolute Gasteiger partial charge is 0.184 e. The molecule has 2 aromatic rings. The normalized spacial score (nSPS) is 30.1. The molecule has 2 aliphatic heterocycles. The van der Waals surface area contributed by atoms with Crippen LogP contribution in [-0.2, 0) is 28.4 Å². The molecule has 6 atom stereocenters. The molecular formula is C28H38O6. The van der Waals surface area contributed by atoms with Crippen LogP contribution in [0.15, 0.2) is 60.7 Å². The van der Waals surface area contributed by atoms with Crippen LogP contribution in [0.2, 0.25) is 0 Å². The molecule has 0 spiro atoms. The van der Waals surface area contributed by atoms with Crippen LogP contribution in [0.25, 0.3) is 0 Å². The number of hydrogen-bond donors (Lipinski definition) is 0. The van der Waals surface area contributed by atoms with Crippen molar-refractivity contribution < 1.29 is 28.4 Å². The minimum absolute atomic E-state index is 0.271. The number of rotatable bonds is 9. The predicted octanol–water partition coefficient (Wildman–Crippen LogP) is 5.30. The van der Waals surface area contributed by atoms with Gasteiger partial charge in [0.25, 0.3) is 0 Å². The maximum Gasteiger partial charge on any atom is 0.184 e. The summed E-state index contributed by atoms with van der Waals surface area (Å²) in [5, 5.41) is 0. The third-order valence-corrected chi connectivity index (χ3v) is 5.87. The summed E-state index contributed by atoms with van der Waals surface area (Å²) < 4.78 is 37.9. The lowest BCUT2D eigenvalue weighted by Crippen LogP contribution is -2.57. The lowest BCUT2D eigenvalue weighted by Gasteiger charge is -2.45. The molecular weight excluding hydrogens is 432 g/mol. The Kier molecular flexibility index (Phi) is 9.11. The molecule has 2 saturated heterocycles. The molecule has 2 fully saturated rings. The van der Waals surface area contributed by atoms with E-state index in [4.69, 9.17) is 28.4 Å². The van der Waals surface area contributed by atoms with Gasteiger partial charge in [-0.15, -0.1) is 0 Å². The minimum Gasteiger partial charge on any atom is -0.373 e. The van der Waals surface area contributed by atoms with Crippen LogP contribution >= 0.6 is 0 Å². The van der Waals surface area contributed by atoms with Crippen LogP contribution in [0.1, 0.15) is 51.4 Å². The van der Waals surface area contributed by atoms with Crippen molar-refractivity contribution >= 4 is 0 Å². The van der Waals surface area contributed by atoms with E-state index in [9.17, 15) is 0 Å². The SMILES string of the molecule is CC(C)CO[C@@H]1COC(c2ccccc2)O[C@H]1[C@@H]1OC(c2ccccc2)OC[C@H]1OCC(C)C. The highest BCUT2D eigenvalue weighted by Crippen LogP contribution is 2.36. The minimum atomic E-state index is -0.488. The Morgan fingerprint density at radius 1 is 0.647 bits per heavy atom. The van der Waals surface area contributed by atoms with Crippen LogP contribution < -0.4 is 0 Å². The van der Waals surface area contributed by atoms with Gasteiger partial charge in [-0.1, -0.05) is 88.4 Å². The first-order valence-corrected chi connectivity index (χ1v) is 12.4. The molecule has 0 aliphatic carbocycles. The van der Waals surface area contributed by atoms with Crippen molar-refractivity contribution in [1.82, 2.24) is 0 Å². The van der Waals surface area contributed by atoms with Gasteiger partial charge in [0, 0.05) is 24.3 Å². The molecule has 0 radical (unpaired) electrons. The standard InChI is InChI=1S/C28H38O6/c1-19(2)15-29-23-17-31-27(21-11-7-5-8-12-21)33-25(23)26-24(30-16-20(3)4)18-32-28(34-26)22-13-9-6-10-14-22/h5-14,19-20,23-28H,15-18H2,1-4H3/t23-,24-,25-,26-,27?,28?/m1/s1. The van der Waals surface area contributed by atoms with Crippen LogP contribution in [0, 0.1) is 11.8 Å². The summed E-state index contributed by atoms with van der Waals surface area (Å²) in [5.41, 5.74) is 1.95. The molecule has 186 valence electrons. The molecule has 2 aromatic carbocycles. The van der Waals surface area contributed by atoms with Crippen LogP contribution in [0.4, 0.5) is 0 Å². The maximum atomic E-state index is 6.57. The molecule has 0 saturated carbocycles. The van der Waals surface area contributed by atoms with Crippen LogP contribution in [-0.4, -0.2) is 50.8 Å². The zero-order valence-corrected chi connectivity index (χ0v) is 20.7. The van der Waals surface area contributed by atoms with Crippen molar-refractivity contribution in [3.8, 4) is 0 Å². The molecule has 34 heavy (non-hydrogen) atoms. The lowest BCUT2D eigenvalue weighted by molar-refractivity contribution is -0.340. The van der Waals surface area contributed by atoms with Gasteiger partial charge < -0.3 is 28.4 Å². The van der Waals surface area contributed by atoms with Crippen molar-refractivity contribution in [2.24, 2.45) is 11.8 Å². The summed E-state index contributed by atoms with van der Waals surface area (Å²) >= 11 is 0. The van der Waals surface area contributed by atoms with Crippen LogP contribution in [0.5, 0.6) is 0 Å². The highest BCUT2D eigenvalue weighted by molar-refractivity contribution is 5.18. The van der Waals surface area contributed by atoms with E-state index in [2.05, 4.69) is 27.7 Å². The summed E-state index contributed by atoms with van der Waals surface area (Å²) in [7, 11) is 0. The molecule has 2 aliphatic rings. The second-order valence-corrected chi connectivity index (χ2v) is 9.88. The predicted molar refractivity (Wildman–Crippen MR) is 129 cm³/mol. The average Bonchev–Trinajstić information content (AvgIpc) is 2.87. The monoisotopic (exact) mass is 470 g/mol. The molecule has 0 bridgehead atoms. The fourth-order valence-corrected chi connectivity index (χ4v) is 4.16. The first-order chi connectivity index (χ1) is 16.5. The molecule has 6 nitrogen and oxygen atoms in total. The van der Waals surface area contributed by atoms with Gasteiger partial charge in [-0.3, -0.25) is 0 Å². The second-order valence-electron chi connectivity index (χ2n) is 9.88. The Bertz CT molecular complexity index is 771. The Morgan fingerprint density at radius 3 is 1.38 bits per heavy atom. The number of benzene rings is 2. The number of ether oxygens (including phenoxy) is 6. The third-order valence-electron chi connectivity index (χ3n) is 5.87. The van der Waals surface area contributed by atoms with Gasteiger partial charge in [-0.25, -0.2) is 0 Å². The quantitative estimate of drug-likeness (QED) is 0.496. The van der Waals surface area contributed by atoms with E-state index in [1.165, 1.54) is 0 Å². The molecule has 0 aromatic heterocycles. The van der Waals surface area contributed by atoms with Gasteiger partial charge in [0.05, 0.1) is 13.2 Å². The average molecular weight is 471 g/mol. The van der Waals surface area contributed by atoms with E-state index in [1.54, 1.807) is 0 Å². The summed E-state index contributed by atoms with van der Waals surface area (Å²) in [6.45, 7) is 10.6. The molecule has 2 unspecified atom stereocenters.